The van der Waals surface area contributed by atoms with Gasteiger partial charge < -0.3 is 9.94 Å². The second kappa shape index (κ2) is 6.64. The zero-order chi connectivity index (χ0) is 14.5. The van der Waals surface area contributed by atoms with E-state index in [4.69, 9.17) is 33.1 Å². The van der Waals surface area contributed by atoms with Gasteiger partial charge in [-0.2, -0.15) is 0 Å². The molecule has 2 aromatic carbocycles. The minimum atomic E-state index is 0.318. The van der Waals surface area contributed by atoms with Crippen LogP contribution >= 0.6 is 23.2 Å². The monoisotopic (exact) mass is 309 g/mol. The van der Waals surface area contributed by atoms with Crippen LogP contribution < -0.4 is 4.74 Å². The minimum Gasteiger partial charge on any atom is -0.489 e. The van der Waals surface area contributed by atoms with E-state index in [1.165, 1.54) is 0 Å². The number of halogens is 2. The van der Waals surface area contributed by atoms with Gasteiger partial charge in [0.25, 0.3) is 0 Å². The van der Waals surface area contributed by atoms with Gasteiger partial charge in [0.15, 0.2) is 0 Å². The largest absolute Gasteiger partial charge is 0.489 e. The molecule has 0 saturated heterocycles. The normalized spacial score (nSPS) is 11.4. The van der Waals surface area contributed by atoms with Crippen molar-refractivity contribution >= 4 is 28.9 Å². The highest BCUT2D eigenvalue weighted by Gasteiger charge is 2.04. The Morgan fingerprint density at radius 2 is 2.00 bits per heavy atom. The van der Waals surface area contributed by atoms with Crippen molar-refractivity contribution in [2.75, 3.05) is 0 Å². The third-order valence-corrected chi connectivity index (χ3v) is 3.41. The topological polar surface area (TPSA) is 41.8 Å². The molecule has 0 bridgehead atoms. The maximum absolute atomic E-state index is 8.77. The first-order valence-corrected chi connectivity index (χ1v) is 6.71. The Morgan fingerprint density at radius 3 is 2.75 bits per heavy atom. The van der Waals surface area contributed by atoms with E-state index >= 15 is 0 Å². The van der Waals surface area contributed by atoms with Crippen molar-refractivity contribution in [2.24, 2.45) is 5.16 Å². The Morgan fingerprint density at radius 1 is 1.20 bits per heavy atom. The van der Waals surface area contributed by atoms with Gasteiger partial charge in [-0.25, -0.2) is 0 Å². The lowest BCUT2D eigenvalue weighted by atomic mass is 10.1. The molecule has 2 aromatic rings. The van der Waals surface area contributed by atoms with E-state index in [0.717, 1.165) is 11.1 Å². The van der Waals surface area contributed by atoms with Gasteiger partial charge in [-0.3, -0.25) is 0 Å². The quantitative estimate of drug-likeness (QED) is 0.502. The van der Waals surface area contributed by atoms with Crippen LogP contribution in [0.3, 0.4) is 0 Å². The van der Waals surface area contributed by atoms with Crippen LogP contribution in [0.25, 0.3) is 0 Å². The highest BCUT2D eigenvalue weighted by Crippen LogP contribution is 2.23. The number of hydrogen-bond acceptors (Lipinski definition) is 3. The smallest absolute Gasteiger partial charge is 0.120 e. The van der Waals surface area contributed by atoms with Crippen molar-refractivity contribution in [1.29, 1.82) is 0 Å². The molecule has 104 valence electrons. The molecular weight excluding hydrogens is 297 g/mol. The Balaban J connectivity index is 2.13. The second-order valence-corrected chi connectivity index (χ2v) is 5.08. The first-order valence-electron chi connectivity index (χ1n) is 5.96. The number of hydrogen-bond donors (Lipinski definition) is 1. The Bertz CT molecular complexity index is 642. The zero-order valence-corrected chi connectivity index (χ0v) is 12.3. The second-order valence-electron chi connectivity index (χ2n) is 4.24. The SMILES string of the molecule is CC(=NO)c1cccc(OCc2cc(Cl)ccc2Cl)c1. The van der Waals surface area contributed by atoms with Crippen LogP contribution in [0.2, 0.25) is 10.0 Å². The van der Waals surface area contributed by atoms with E-state index in [-0.39, 0.29) is 0 Å². The molecule has 0 saturated carbocycles. The summed E-state index contributed by atoms with van der Waals surface area (Å²) in [4.78, 5) is 0. The molecule has 0 aliphatic carbocycles. The molecule has 0 heterocycles. The summed E-state index contributed by atoms with van der Waals surface area (Å²) in [6, 6.07) is 12.5. The summed E-state index contributed by atoms with van der Waals surface area (Å²) in [5.41, 5.74) is 2.13. The molecule has 2 rings (SSSR count). The van der Waals surface area contributed by atoms with E-state index in [0.29, 0.717) is 28.1 Å². The average molecular weight is 310 g/mol. The summed E-state index contributed by atoms with van der Waals surface area (Å²) in [6.07, 6.45) is 0. The maximum atomic E-state index is 8.77. The van der Waals surface area contributed by atoms with Crippen LogP contribution in [0.4, 0.5) is 0 Å². The first kappa shape index (κ1) is 14.7. The Hall–Kier alpha value is -1.71. The van der Waals surface area contributed by atoms with E-state index < -0.39 is 0 Å². The number of benzene rings is 2. The highest BCUT2D eigenvalue weighted by molar-refractivity contribution is 6.33. The summed E-state index contributed by atoms with van der Waals surface area (Å²) in [6.45, 7) is 2.03. The highest BCUT2D eigenvalue weighted by atomic mass is 35.5. The van der Waals surface area contributed by atoms with E-state index in [9.17, 15) is 0 Å². The maximum Gasteiger partial charge on any atom is 0.120 e. The van der Waals surface area contributed by atoms with Gasteiger partial charge in [-0.05, 0) is 37.3 Å². The van der Waals surface area contributed by atoms with Gasteiger partial charge in [0, 0.05) is 21.2 Å². The molecule has 3 nitrogen and oxygen atoms in total. The molecule has 5 heteroatoms. The lowest BCUT2D eigenvalue weighted by Crippen LogP contribution is -1.99. The lowest BCUT2D eigenvalue weighted by molar-refractivity contribution is 0.306. The van der Waals surface area contributed by atoms with Crippen molar-refractivity contribution < 1.29 is 9.94 Å². The number of ether oxygens (including phenoxy) is 1. The number of rotatable bonds is 4. The predicted molar refractivity (Wildman–Crippen MR) is 81.2 cm³/mol. The van der Waals surface area contributed by atoms with Gasteiger partial charge >= 0.3 is 0 Å². The van der Waals surface area contributed by atoms with Crippen molar-refractivity contribution in [1.82, 2.24) is 0 Å². The fourth-order valence-corrected chi connectivity index (χ4v) is 2.05. The number of oxime groups is 1. The molecule has 0 fully saturated rings. The van der Waals surface area contributed by atoms with E-state index in [1.54, 1.807) is 31.2 Å². The molecule has 0 aliphatic rings. The molecule has 20 heavy (non-hydrogen) atoms. The Labute approximate surface area is 127 Å². The summed E-state index contributed by atoms with van der Waals surface area (Å²) >= 11 is 12.0. The van der Waals surface area contributed by atoms with Crippen molar-refractivity contribution in [3.63, 3.8) is 0 Å². The van der Waals surface area contributed by atoms with Gasteiger partial charge in [0.2, 0.25) is 0 Å². The third kappa shape index (κ3) is 3.65. The average Bonchev–Trinajstić information content (AvgIpc) is 2.47. The van der Waals surface area contributed by atoms with Crippen LogP contribution in [-0.4, -0.2) is 10.9 Å². The standard InChI is InChI=1S/C15H13Cl2NO2/c1-10(18-19)11-3-2-4-14(8-11)20-9-12-7-13(16)5-6-15(12)17/h2-8,19H,9H2,1H3. The molecule has 0 aromatic heterocycles. The molecule has 0 aliphatic heterocycles. The van der Waals surface area contributed by atoms with Crippen LogP contribution in [-0.2, 0) is 6.61 Å². The number of nitrogens with zero attached hydrogens (tertiary/aromatic N) is 1. The van der Waals surface area contributed by atoms with Gasteiger partial charge in [-0.15, -0.1) is 0 Å². The van der Waals surface area contributed by atoms with Crippen LogP contribution in [0, 0.1) is 0 Å². The fourth-order valence-electron chi connectivity index (χ4n) is 1.68. The molecule has 1 N–H and O–H groups in total. The summed E-state index contributed by atoms with van der Waals surface area (Å²) in [5, 5.41) is 13.2. The van der Waals surface area contributed by atoms with Gasteiger partial charge in [-0.1, -0.05) is 40.5 Å². The van der Waals surface area contributed by atoms with Crippen molar-refractivity contribution in [3.8, 4) is 5.75 Å². The predicted octanol–water partition coefficient (Wildman–Crippen LogP) is 4.77. The van der Waals surface area contributed by atoms with Gasteiger partial charge in [0.1, 0.15) is 12.4 Å². The zero-order valence-electron chi connectivity index (χ0n) is 10.8. The minimum absolute atomic E-state index is 0.318. The summed E-state index contributed by atoms with van der Waals surface area (Å²) in [7, 11) is 0. The van der Waals surface area contributed by atoms with E-state index in [2.05, 4.69) is 5.16 Å². The van der Waals surface area contributed by atoms with Crippen LogP contribution in [0.1, 0.15) is 18.1 Å². The summed E-state index contributed by atoms with van der Waals surface area (Å²) in [5.74, 6) is 0.668. The van der Waals surface area contributed by atoms with Crippen LogP contribution in [0.15, 0.2) is 47.6 Å². The van der Waals surface area contributed by atoms with Crippen LogP contribution in [0.5, 0.6) is 5.75 Å². The molecule has 0 spiro atoms. The lowest BCUT2D eigenvalue weighted by Gasteiger charge is -2.09. The molecule has 0 amide bonds. The summed E-state index contributed by atoms with van der Waals surface area (Å²) < 4.78 is 5.68. The first-order chi connectivity index (χ1) is 9.60. The van der Waals surface area contributed by atoms with Crippen molar-refractivity contribution in [3.05, 3.63) is 63.6 Å². The van der Waals surface area contributed by atoms with E-state index in [1.807, 2.05) is 18.2 Å². The molecule has 0 radical (unpaired) electrons. The Kier molecular flexibility index (Phi) is 4.88. The van der Waals surface area contributed by atoms with Gasteiger partial charge in [0.05, 0.1) is 5.71 Å². The molecule has 0 atom stereocenters. The third-order valence-electron chi connectivity index (χ3n) is 2.80. The molecular formula is C15H13Cl2NO2. The van der Waals surface area contributed by atoms with Crippen molar-refractivity contribution in [2.45, 2.75) is 13.5 Å². The fraction of sp³-hybridized carbons (Fsp3) is 0.133. The molecule has 0 unspecified atom stereocenters.